The number of hydrogen-bond acceptors (Lipinski definition) is 3. The molecule has 0 saturated heterocycles. The van der Waals surface area contributed by atoms with Gasteiger partial charge in [0, 0.05) is 27.9 Å². The molecular weight excluding hydrogens is 318 g/mol. The van der Waals surface area contributed by atoms with Crippen molar-refractivity contribution in [3.63, 3.8) is 0 Å². The lowest BCUT2D eigenvalue weighted by Crippen LogP contribution is -2.43. The van der Waals surface area contributed by atoms with Crippen LogP contribution in [0.15, 0.2) is 59.5 Å². The maximum atomic E-state index is 10.8. The zero-order chi connectivity index (χ0) is 16.9. The molecule has 0 spiro atoms. The van der Waals surface area contributed by atoms with Crippen LogP contribution in [-0.2, 0) is 0 Å². The summed E-state index contributed by atoms with van der Waals surface area (Å²) in [4.78, 5) is 12.2. The number of urea groups is 1. The largest absolute Gasteiger partial charge is 0.351 e. The Bertz CT molecular complexity index is 669. The second-order valence-corrected chi connectivity index (χ2v) is 7.59. The van der Waals surface area contributed by atoms with Crippen LogP contribution < -0.4 is 16.4 Å². The zero-order valence-electron chi connectivity index (χ0n) is 13.7. The summed E-state index contributed by atoms with van der Waals surface area (Å²) in [6.07, 6.45) is 2.40. The van der Waals surface area contributed by atoms with Gasteiger partial charge in [-0.3, -0.25) is 0 Å². The maximum absolute atomic E-state index is 10.8. The van der Waals surface area contributed by atoms with E-state index in [0.717, 1.165) is 5.69 Å². The van der Waals surface area contributed by atoms with Crippen molar-refractivity contribution >= 4 is 23.5 Å². The first-order chi connectivity index (χ1) is 11.6. The van der Waals surface area contributed by atoms with Crippen LogP contribution in [0.2, 0.25) is 0 Å². The summed E-state index contributed by atoms with van der Waals surface area (Å²) in [5, 5.41) is 6.97. The molecule has 2 aromatic rings. The minimum Gasteiger partial charge on any atom is -0.351 e. The quantitative estimate of drug-likeness (QED) is 0.739. The molecule has 0 bridgehead atoms. The Morgan fingerprint density at radius 1 is 1.12 bits per heavy atom. The number of hydrogen-bond donors (Lipinski definition) is 3. The van der Waals surface area contributed by atoms with Crippen molar-refractivity contribution in [2.24, 2.45) is 5.73 Å². The summed E-state index contributed by atoms with van der Waals surface area (Å²) in [5.74, 6) is 0. The molecule has 1 aliphatic carbocycles. The van der Waals surface area contributed by atoms with Crippen molar-refractivity contribution in [2.45, 2.75) is 42.0 Å². The molecule has 1 atom stereocenters. The first kappa shape index (κ1) is 16.9. The van der Waals surface area contributed by atoms with Gasteiger partial charge in [0.05, 0.1) is 0 Å². The molecule has 1 saturated carbocycles. The molecule has 1 aliphatic rings. The van der Waals surface area contributed by atoms with E-state index in [1.807, 2.05) is 36.0 Å². The lowest BCUT2D eigenvalue weighted by Gasteiger charge is -2.37. The average Bonchev–Trinajstić information content (AvgIpc) is 2.54. The molecule has 0 aliphatic heterocycles. The van der Waals surface area contributed by atoms with Gasteiger partial charge >= 0.3 is 6.03 Å². The van der Waals surface area contributed by atoms with E-state index in [4.69, 9.17) is 5.73 Å². The molecule has 24 heavy (non-hydrogen) atoms. The Morgan fingerprint density at radius 3 is 2.42 bits per heavy atom. The monoisotopic (exact) mass is 341 g/mol. The van der Waals surface area contributed by atoms with Crippen molar-refractivity contribution in [3.8, 4) is 0 Å². The molecule has 3 rings (SSSR count). The van der Waals surface area contributed by atoms with Gasteiger partial charge in [-0.05, 0) is 49.6 Å². The highest BCUT2D eigenvalue weighted by atomic mass is 32.2. The number of amides is 2. The van der Waals surface area contributed by atoms with E-state index >= 15 is 0 Å². The van der Waals surface area contributed by atoms with Crippen molar-refractivity contribution in [3.05, 3.63) is 60.2 Å². The lowest BCUT2D eigenvalue weighted by molar-refractivity contribution is 0.259. The van der Waals surface area contributed by atoms with E-state index in [-0.39, 0.29) is 0 Å². The third-order valence-electron chi connectivity index (χ3n) is 4.30. The zero-order valence-corrected chi connectivity index (χ0v) is 14.6. The molecule has 4 nitrogen and oxygen atoms in total. The number of thioether (sulfide) groups is 1. The van der Waals surface area contributed by atoms with Crippen LogP contribution in [0.3, 0.4) is 0 Å². The molecule has 4 N–H and O–H groups in total. The highest BCUT2D eigenvalue weighted by Crippen LogP contribution is 2.37. The van der Waals surface area contributed by atoms with Crippen molar-refractivity contribution in [2.75, 3.05) is 5.32 Å². The minimum atomic E-state index is -0.537. The number of benzene rings is 2. The van der Waals surface area contributed by atoms with Gasteiger partial charge in [0.25, 0.3) is 0 Å². The first-order valence-electron chi connectivity index (χ1n) is 8.24. The van der Waals surface area contributed by atoms with Gasteiger partial charge in [0.1, 0.15) is 0 Å². The Labute approximate surface area is 147 Å². The number of carbonyl (C=O) groups excluding carboxylic acids is 1. The van der Waals surface area contributed by atoms with Gasteiger partial charge in [0.15, 0.2) is 0 Å². The minimum absolute atomic E-state index is 0.292. The van der Waals surface area contributed by atoms with E-state index in [1.54, 1.807) is 0 Å². The summed E-state index contributed by atoms with van der Waals surface area (Å²) < 4.78 is 0. The van der Waals surface area contributed by atoms with E-state index in [2.05, 4.69) is 47.9 Å². The van der Waals surface area contributed by atoms with Gasteiger partial charge in [-0.1, -0.05) is 30.3 Å². The Balaban J connectivity index is 1.44. The molecule has 126 valence electrons. The number of primary amides is 1. The molecule has 2 amide bonds. The second-order valence-electron chi connectivity index (χ2n) is 6.22. The maximum Gasteiger partial charge on any atom is 0.316 e. The fraction of sp³-hybridized carbons (Fsp3) is 0.316. The normalized spacial score (nSPS) is 20.9. The van der Waals surface area contributed by atoms with E-state index in [9.17, 15) is 4.79 Å². The van der Waals surface area contributed by atoms with Crippen LogP contribution in [0.5, 0.6) is 0 Å². The van der Waals surface area contributed by atoms with Gasteiger partial charge in [-0.15, -0.1) is 11.8 Å². The molecule has 1 fully saturated rings. The van der Waals surface area contributed by atoms with Crippen LogP contribution >= 0.6 is 11.8 Å². The molecule has 1 unspecified atom stereocenters. The number of rotatable bonds is 6. The summed E-state index contributed by atoms with van der Waals surface area (Å²) in [5.41, 5.74) is 7.05. The van der Waals surface area contributed by atoms with Crippen LogP contribution in [-0.4, -0.2) is 17.3 Å². The summed E-state index contributed by atoms with van der Waals surface area (Å²) >= 11 is 1.97. The third kappa shape index (κ3) is 4.52. The average molecular weight is 341 g/mol. The Kier molecular flexibility index (Phi) is 5.43. The SMILES string of the molecule is CC(NC1CC(Sc2ccccc2)C1)c1ccc(NC(N)=O)cc1. The van der Waals surface area contributed by atoms with Gasteiger partial charge in [0.2, 0.25) is 0 Å². The van der Waals surface area contributed by atoms with E-state index in [0.29, 0.717) is 17.3 Å². The number of nitrogens with one attached hydrogen (secondary N) is 2. The highest BCUT2D eigenvalue weighted by Gasteiger charge is 2.30. The molecule has 5 heteroatoms. The molecule has 0 aromatic heterocycles. The highest BCUT2D eigenvalue weighted by molar-refractivity contribution is 8.00. The lowest BCUT2D eigenvalue weighted by atomic mass is 9.91. The van der Waals surface area contributed by atoms with Gasteiger partial charge < -0.3 is 16.4 Å². The van der Waals surface area contributed by atoms with Crippen molar-refractivity contribution in [1.82, 2.24) is 5.32 Å². The first-order valence-corrected chi connectivity index (χ1v) is 9.12. The van der Waals surface area contributed by atoms with Crippen molar-refractivity contribution < 1.29 is 4.79 Å². The second kappa shape index (κ2) is 7.73. The molecular formula is C19H23N3OS. The summed E-state index contributed by atoms with van der Waals surface area (Å²) in [7, 11) is 0. The predicted octanol–water partition coefficient (Wildman–Crippen LogP) is 4.15. The van der Waals surface area contributed by atoms with Crippen LogP contribution in [0, 0.1) is 0 Å². The van der Waals surface area contributed by atoms with Crippen molar-refractivity contribution in [1.29, 1.82) is 0 Å². The van der Waals surface area contributed by atoms with Crippen LogP contribution in [0.1, 0.15) is 31.4 Å². The number of nitrogens with two attached hydrogens (primary N) is 1. The van der Waals surface area contributed by atoms with E-state index < -0.39 is 6.03 Å². The van der Waals surface area contributed by atoms with E-state index in [1.165, 1.54) is 23.3 Å². The topological polar surface area (TPSA) is 67.2 Å². The predicted molar refractivity (Wildman–Crippen MR) is 100 cm³/mol. The standard InChI is InChI=1S/C19H23N3OS/c1-13(14-7-9-15(10-8-14)22-19(20)23)21-16-11-18(12-16)24-17-5-3-2-4-6-17/h2-10,13,16,18,21H,11-12H2,1H3,(H3,20,22,23). The summed E-state index contributed by atoms with van der Waals surface area (Å²) in [6, 6.07) is 18.7. The third-order valence-corrected chi connectivity index (χ3v) is 5.57. The Morgan fingerprint density at radius 2 is 1.79 bits per heavy atom. The number of anilines is 1. The van der Waals surface area contributed by atoms with Gasteiger partial charge in [-0.25, -0.2) is 4.79 Å². The Hall–Kier alpha value is -1.98. The summed E-state index contributed by atoms with van der Waals surface area (Å²) in [6.45, 7) is 2.17. The molecule has 2 aromatic carbocycles. The molecule has 0 radical (unpaired) electrons. The smallest absolute Gasteiger partial charge is 0.316 e. The van der Waals surface area contributed by atoms with Crippen LogP contribution in [0.25, 0.3) is 0 Å². The fourth-order valence-corrected chi connectivity index (χ4v) is 4.29. The molecule has 0 heterocycles. The van der Waals surface area contributed by atoms with Gasteiger partial charge in [-0.2, -0.15) is 0 Å². The van der Waals surface area contributed by atoms with Crippen LogP contribution in [0.4, 0.5) is 10.5 Å². The number of carbonyl (C=O) groups is 1. The fourth-order valence-electron chi connectivity index (χ4n) is 2.94.